The molecule has 5 rings (SSSR count). The molecule has 1 fully saturated rings. The first-order valence-corrected chi connectivity index (χ1v) is 13.2. The van der Waals surface area contributed by atoms with E-state index in [1.165, 1.54) is 0 Å². The molecule has 0 saturated carbocycles. The Morgan fingerprint density at radius 2 is 1.03 bits per heavy atom. The number of hydrogen-bond acceptors (Lipinski definition) is 4. The molecule has 4 nitrogen and oxygen atoms in total. The van der Waals surface area contributed by atoms with Gasteiger partial charge in [-0.25, -0.2) is 0 Å². The summed E-state index contributed by atoms with van der Waals surface area (Å²) in [5.74, 6) is 0. The Balaban J connectivity index is 1.34. The van der Waals surface area contributed by atoms with E-state index in [4.69, 9.17) is 18.9 Å². The summed E-state index contributed by atoms with van der Waals surface area (Å²) in [6.45, 7) is 1.89. The van der Waals surface area contributed by atoms with Gasteiger partial charge in [0.15, 0.2) is 0 Å². The molecule has 38 heavy (non-hydrogen) atoms. The average molecular weight is 507 g/mol. The predicted molar refractivity (Wildman–Crippen MR) is 150 cm³/mol. The van der Waals surface area contributed by atoms with Gasteiger partial charge in [-0.1, -0.05) is 133 Å². The molecule has 4 aromatic carbocycles. The fraction of sp³-hybridized carbons (Fsp3) is 0.235. The quantitative estimate of drug-likeness (QED) is 0.210. The van der Waals surface area contributed by atoms with E-state index in [2.05, 4.69) is 60.7 Å². The van der Waals surface area contributed by atoms with Gasteiger partial charge >= 0.3 is 0 Å². The van der Waals surface area contributed by atoms with E-state index in [0.717, 1.165) is 22.3 Å². The van der Waals surface area contributed by atoms with Crippen molar-refractivity contribution in [2.45, 2.75) is 44.2 Å². The van der Waals surface area contributed by atoms with Crippen LogP contribution in [0, 0.1) is 0 Å². The van der Waals surface area contributed by atoms with Crippen LogP contribution in [0.2, 0.25) is 0 Å². The minimum Gasteiger partial charge on any atom is -0.374 e. The lowest BCUT2D eigenvalue weighted by atomic mass is 10.1. The lowest BCUT2D eigenvalue weighted by Gasteiger charge is -2.24. The van der Waals surface area contributed by atoms with E-state index in [-0.39, 0.29) is 24.4 Å². The van der Waals surface area contributed by atoms with Gasteiger partial charge in [-0.3, -0.25) is 0 Å². The van der Waals surface area contributed by atoms with Crippen LogP contribution in [0.15, 0.2) is 127 Å². The van der Waals surface area contributed by atoms with Crippen LogP contribution in [-0.2, 0) is 38.8 Å². The zero-order valence-electron chi connectivity index (χ0n) is 21.5. The molecule has 1 heterocycles. The highest BCUT2D eigenvalue weighted by atomic mass is 16.6. The molecule has 0 aliphatic carbocycles. The Labute approximate surface area is 225 Å². The summed E-state index contributed by atoms with van der Waals surface area (Å²) < 4.78 is 25.7. The second kappa shape index (κ2) is 13.8. The lowest BCUT2D eigenvalue weighted by Crippen LogP contribution is -2.38. The number of rotatable bonds is 12. The lowest BCUT2D eigenvalue weighted by molar-refractivity contribution is -0.0896. The van der Waals surface area contributed by atoms with Crippen molar-refractivity contribution in [3.8, 4) is 0 Å². The third kappa shape index (κ3) is 7.50. The van der Waals surface area contributed by atoms with E-state index in [1.54, 1.807) is 0 Å². The van der Waals surface area contributed by atoms with Crippen LogP contribution in [0.4, 0.5) is 0 Å². The predicted octanol–water partition coefficient (Wildman–Crippen LogP) is 6.85. The normalized spacial score (nSPS) is 21.2. The van der Waals surface area contributed by atoms with E-state index in [9.17, 15) is 0 Å². The largest absolute Gasteiger partial charge is 0.374 e. The Kier molecular flexibility index (Phi) is 9.50. The highest BCUT2D eigenvalue weighted by Gasteiger charge is 2.45. The second-order valence-corrected chi connectivity index (χ2v) is 9.43. The van der Waals surface area contributed by atoms with Gasteiger partial charge in [0.2, 0.25) is 0 Å². The second-order valence-electron chi connectivity index (χ2n) is 9.43. The van der Waals surface area contributed by atoms with Gasteiger partial charge in [0.1, 0.15) is 24.4 Å². The molecule has 1 aliphatic rings. The summed E-state index contributed by atoms with van der Waals surface area (Å²) in [4.78, 5) is 0. The topological polar surface area (TPSA) is 36.9 Å². The van der Waals surface area contributed by atoms with Crippen molar-refractivity contribution in [1.29, 1.82) is 0 Å². The first kappa shape index (κ1) is 26.1. The molecule has 4 atom stereocenters. The monoisotopic (exact) mass is 506 g/mol. The molecule has 0 amide bonds. The standard InChI is InChI=1S/C34H34O4/c1-5-13-27(14-6-1)21-22-31-33(36-24-29-17-9-3-10-18-29)34(37-25-30-19-11-4-12-20-30)32(38-31)26-35-23-28-15-7-2-8-16-28/h1-22,31-34H,23-26H2/b22-21+/t31-,32+,33-,34+/m0/s1. The molecule has 194 valence electrons. The first-order valence-electron chi connectivity index (χ1n) is 13.2. The molecule has 0 spiro atoms. The minimum atomic E-state index is -0.292. The van der Waals surface area contributed by atoms with Crippen LogP contribution >= 0.6 is 0 Å². The molecule has 0 N–H and O–H groups in total. The molecular formula is C34H34O4. The summed E-state index contributed by atoms with van der Waals surface area (Å²) in [6.07, 6.45) is 3.05. The van der Waals surface area contributed by atoms with E-state index in [0.29, 0.717) is 26.4 Å². The first-order chi connectivity index (χ1) is 18.8. The van der Waals surface area contributed by atoms with Gasteiger partial charge in [-0.05, 0) is 22.3 Å². The van der Waals surface area contributed by atoms with Crippen molar-refractivity contribution in [3.63, 3.8) is 0 Å². The number of hydrogen-bond donors (Lipinski definition) is 0. The summed E-state index contributed by atoms with van der Waals surface area (Å²) >= 11 is 0. The maximum atomic E-state index is 6.56. The van der Waals surface area contributed by atoms with E-state index in [1.807, 2.05) is 72.8 Å². The minimum absolute atomic E-state index is 0.270. The maximum Gasteiger partial charge on any atom is 0.116 e. The van der Waals surface area contributed by atoms with Gasteiger partial charge in [0, 0.05) is 0 Å². The van der Waals surface area contributed by atoms with Crippen molar-refractivity contribution >= 4 is 6.08 Å². The van der Waals surface area contributed by atoms with E-state index < -0.39 is 0 Å². The van der Waals surface area contributed by atoms with Gasteiger partial charge < -0.3 is 18.9 Å². The zero-order valence-corrected chi connectivity index (χ0v) is 21.5. The number of ether oxygens (including phenoxy) is 4. The average Bonchev–Trinajstić information content (AvgIpc) is 3.32. The van der Waals surface area contributed by atoms with Gasteiger partial charge in [-0.15, -0.1) is 0 Å². The summed E-state index contributed by atoms with van der Waals surface area (Å²) in [5, 5.41) is 0. The van der Waals surface area contributed by atoms with Crippen LogP contribution < -0.4 is 0 Å². The third-order valence-electron chi connectivity index (χ3n) is 6.59. The molecule has 0 unspecified atom stereocenters. The molecular weight excluding hydrogens is 472 g/mol. The SMILES string of the molecule is C(=C\[C@@H]1O[C@H](COCc2ccccc2)[C@@H](OCc2ccccc2)[C@H]1OCc1ccccc1)/c1ccccc1. The highest BCUT2D eigenvalue weighted by Crippen LogP contribution is 2.30. The van der Waals surface area contributed by atoms with E-state index >= 15 is 0 Å². The van der Waals surface area contributed by atoms with Crippen molar-refractivity contribution in [1.82, 2.24) is 0 Å². The third-order valence-corrected chi connectivity index (χ3v) is 6.59. The van der Waals surface area contributed by atoms with Gasteiger partial charge in [-0.2, -0.15) is 0 Å². The molecule has 4 aromatic rings. The van der Waals surface area contributed by atoms with Crippen molar-refractivity contribution < 1.29 is 18.9 Å². The fourth-order valence-corrected chi connectivity index (χ4v) is 4.61. The van der Waals surface area contributed by atoms with Crippen LogP contribution in [0.3, 0.4) is 0 Å². The molecule has 1 saturated heterocycles. The molecule has 0 aromatic heterocycles. The van der Waals surface area contributed by atoms with Gasteiger partial charge in [0.05, 0.1) is 26.4 Å². The Morgan fingerprint density at radius 3 is 1.58 bits per heavy atom. The Hall–Kier alpha value is -3.54. The smallest absolute Gasteiger partial charge is 0.116 e. The van der Waals surface area contributed by atoms with Crippen molar-refractivity contribution in [2.75, 3.05) is 6.61 Å². The van der Waals surface area contributed by atoms with Crippen LogP contribution in [0.1, 0.15) is 22.3 Å². The summed E-state index contributed by atoms with van der Waals surface area (Å²) in [7, 11) is 0. The molecule has 1 aliphatic heterocycles. The van der Waals surface area contributed by atoms with Crippen LogP contribution in [0.25, 0.3) is 6.08 Å². The molecule has 4 heteroatoms. The van der Waals surface area contributed by atoms with Crippen molar-refractivity contribution in [3.05, 3.63) is 150 Å². The zero-order chi connectivity index (χ0) is 25.8. The Morgan fingerprint density at radius 1 is 0.553 bits per heavy atom. The Bertz CT molecular complexity index is 1230. The summed E-state index contributed by atoms with van der Waals surface area (Å²) in [5.41, 5.74) is 4.47. The highest BCUT2D eigenvalue weighted by molar-refractivity contribution is 5.49. The molecule has 0 radical (unpaired) electrons. The fourth-order valence-electron chi connectivity index (χ4n) is 4.61. The number of benzene rings is 4. The van der Waals surface area contributed by atoms with Crippen LogP contribution in [0.5, 0.6) is 0 Å². The summed E-state index contributed by atoms with van der Waals surface area (Å²) in [6, 6.07) is 40.9. The molecule has 0 bridgehead atoms. The maximum absolute atomic E-state index is 6.56. The van der Waals surface area contributed by atoms with Crippen LogP contribution in [-0.4, -0.2) is 31.0 Å². The van der Waals surface area contributed by atoms with Crippen molar-refractivity contribution in [2.24, 2.45) is 0 Å². The van der Waals surface area contributed by atoms with Gasteiger partial charge in [0.25, 0.3) is 0 Å².